The molecular formula is C9H13N3O. The molecule has 3 atom stereocenters. The van der Waals surface area contributed by atoms with Crippen LogP contribution in [0.4, 0.5) is 0 Å². The molecule has 70 valence electrons. The maximum atomic E-state index is 5.21. The van der Waals surface area contributed by atoms with Crippen molar-refractivity contribution < 1.29 is 4.52 Å². The molecule has 0 N–H and O–H groups in total. The van der Waals surface area contributed by atoms with Crippen molar-refractivity contribution in [1.29, 1.82) is 0 Å². The van der Waals surface area contributed by atoms with Gasteiger partial charge in [-0.05, 0) is 25.8 Å². The van der Waals surface area contributed by atoms with Crippen LogP contribution in [-0.2, 0) is 0 Å². The first-order valence-corrected chi connectivity index (χ1v) is 4.85. The Labute approximate surface area is 76.9 Å². The van der Waals surface area contributed by atoms with Crippen LogP contribution in [0.2, 0.25) is 0 Å². The normalized spacial score (nSPS) is 37.2. The van der Waals surface area contributed by atoms with E-state index >= 15 is 0 Å². The monoisotopic (exact) mass is 179 g/mol. The Bertz CT molecular complexity index is 322. The molecule has 0 aromatic carbocycles. The third kappa shape index (κ3) is 1.09. The van der Waals surface area contributed by atoms with Crippen LogP contribution in [0.15, 0.2) is 4.52 Å². The zero-order valence-electron chi connectivity index (χ0n) is 7.73. The van der Waals surface area contributed by atoms with Gasteiger partial charge >= 0.3 is 0 Å². The molecule has 4 heteroatoms. The SMILES string of the molecule is Cc1noc([C@H]2CN3CC[C@H]2C3)n1. The minimum atomic E-state index is 0.509. The van der Waals surface area contributed by atoms with E-state index in [1.807, 2.05) is 6.92 Å². The number of rotatable bonds is 1. The van der Waals surface area contributed by atoms with Crippen molar-refractivity contribution >= 4 is 0 Å². The van der Waals surface area contributed by atoms with Crippen molar-refractivity contribution in [3.05, 3.63) is 11.7 Å². The van der Waals surface area contributed by atoms with E-state index in [9.17, 15) is 0 Å². The topological polar surface area (TPSA) is 42.2 Å². The summed E-state index contributed by atoms with van der Waals surface area (Å²) in [4.78, 5) is 6.79. The zero-order chi connectivity index (χ0) is 8.84. The highest BCUT2D eigenvalue weighted by Crippen LogP contribution is 2.38. The molecule has 3 rings (SSSR count). The fourth-order valence-electron chi connectivity index (χ4n) is 2.53. The standard InChI is InChI=1S/C9H13N3O/c1-6-10-9(13-11-6)8-5-12-3-2-7(8)4-12/h7-8H,2-5H2,1H3/t7-,8-/m0/s1. The van der Waals surface area contributed by atoms with Gasteiger partial charge in [-0.15, -0.1) is 0 Å². The highest BCUT2D eigenvalue weighted by molar-refractivity contribution is 5.05. The summed E-state index contributed by atoms with van der Waals surface area (Å²) < 4.78 is 5.21. The number of hydrogen-bond acceptors (Lipinski definition) is 4. The second-order valence-corrected chi connectivity index (χ2v) is 4.09. The molecule has 0 radical (unpaired) electrons. The minimum Gasteiger partial charge on any atom is -0.339 e. The van der Waals surface area contributed by atoms with Gasteiger partial charge in [-0.2, -0.15) is 4.98 Å². The van der Waals surface area contributed by atoms with Crippen molar-refractivity contribution in [3.8, 4) is 0 Å². The first-order chi connectivity index (χ1) is 6.33. The smallest absolute Gasteiger partial charge is 0.231 e. The van der Waals surface area contributed by atoms with E-state index in [1.165, 1.54) is 19.5 Å². The summed E-state index contributed by atoms with van der Waals surface area (Å²) in [6.45, 7) is 5.48. The van der Waals surface area contributed by atoms with Crippen LogP contribution in [0, 0.1) is 12.8 Å². The van der Waals surface area contributed by atoms with Crippen LogP contribution >= 0.6 is 0 Å². The molecule has 3 heterocycles. The fourth-order valence-corrected chi connectivity index (χ4v) is 2.53. The zero-order valence-corrected chi connectivity index (χ0v) is 7.73. The summed E-state index contributed by atoms with van der Waals surface area (Å²) in [6.07, 6.45) is 1.30. The summed E-state index contributed by atoms with van der Waals surface area (Å²) in [7, 11) is 0. The average molecular weight is 179 g/mol. The van der Waals surface area contributed by atoms with Crippen LogP contribution in [0.25, 0.3) is 0 Å². The van der Waals surface area contributed by atoms with Gasteiger partial charge < -0.3 is 9.42 Å². The Morgan fingerprint density at radius 3 is 2.92 bits per heavy atom. The lowest BCUT2D eigenvalue weighted by Gasteiger charge is -2.17. The van der Waals surface area contributed by atoms with E-state index < -0.39 is 0 Å². The number of aromatic nitrogens is 2. The summed E-state index contributed by atoms with van der Waals surface area (Å²) in [5.41, 5.74) is 0. The first kappa shape index (κ1) is 7.50. The number of nitrogens with zero attached hydrogens (tertiary/aromatic N) is 3. The first-order valence-electron chi connectivity index (χ1n) is 4.85. The Kier molecular flexibility index (Phi) is 1.47. The van der Waals surface area contributed by atoms with Gasteiger partial charge in [-0.3, -0.25) is 0 Å². The largest absolute Gasteiger partial charge is 0.339 e. The van der Waals surface area contributed by atoms with E-state index in [0.29, 0.717) is 5.92 Å². The van der Waals surface area contributed by atoms with Crippen LogP contribution in [0.5, 0.6) is 0 Å². The molecular weight excluding hydrogens is 166 g/mol. The number of fused-ring (bicyclic) bond motifs is 2. The molecule has 0 saturated carbocycles. The highest BCUT2D eigenvalue weighted by atomic mass is 16.5. The molecule has 0 aliphatic carbocycles. The predicted octanol–water partition coefficient (Wildman–Crippen LogP) is 0.797. The van der Waals surface area contributed by atoms with Crippen LogP contribution in [0.3, 0.4) is 0 Å². The average Bonchev–Trinajstić information content (AvgIpc) is 2.77. The highest BCUT2D eigenvalue weighted by Gasteiger charge is 2.41. The van der Waals surface area contributed by atoms with Crippen molar-refractivity contribution in [2.75, 3.05) is 19.6 Å². The van der Waals surface area contributed by atoms with Gasteiger partial charge in [0.15, 0.2) is 5.82 Å². The maximum absolute atomic E-state index is 5.21. The van der Waals surface area contributed by atoms with Gasteiger partial charge in [-0.1, -0.05) is 5.16 Å². The second kappa shape index (κ2) is 2.54. The van der Waals surface area contributed by atoms with Crippen LogP contribution in [-0.4, -0.2) is 34.7 Å². The lowest BCUT2D eigenvalue weighted by Crippen LogP contribution is -2.22. The van der Waals surface area contributed by atoms with Crippen LogP contribution in [0.1, 0.15) is 24.1 Å². The summed E-state index contributed by atoms with van der Waals surface area (Å²) in [5.74, 6) is 2.88. The molecule has 1 aromatic heterocycles. The van der Waals surface area contributed by atoms with Gasteiger partial charge in [0.2, 0.25) is 5.89 Å². The van der Waals surface area contributed by atoms with Crippen molar-refractivity contribution in [2.24, 2.45) is 5.92 Å². The van der Waals surface area contributed by atoms with E-state index in [-0.39, 0.29) is 0 Å². The molecule has 2 aliphatic heterocycles. The predicted molar refractivity (Wildman–Crippen MR) is 46.3 cm³/mol. The Balaban J connectivity index is 1.87. The number of piperidine rings is 1. The third-order valence-corrected chi connectivity index (χ3v) is 3.19. The fraction of sp³-hybridized carbons (Fsp3) is 0.778. The molecule has 4 nitrogen and oxygen atoms in total. The third-order valence-electron chi connectivity index (χ3n) is 3.19. The summed E-state index contributed by atoms with van der Waals surface area (Å²) >= 11 is 0. The van der Waals surface area contributed by atoms with Gasteiger partial charge in [-0.25, -0.2) is 0 Å². The lowest BCUT2D eigenvalue weighted by atomic mass is 9.93. The van der Waals surface area contributed by atoms with Crippen molar-refractivity contribution in [2.45, 2.75) is 19.3 Å². The van der Waals surface area contributed by atoms with E-state index in [0.717, 1.165) is 24.2 Å². The van der Waals surface area contributed by atoms with Crippen LogP contribution < -0.4 is 0 Å². The molecule has 0 spiro atoms. The molecule has 1 aromatic rings. The molecule has 13 heavy (non-hydrogen) atoms. The minimum absolute atomic E-state index is 0.509. The Morgan fingerprint density at radius 2 is 2.38 bits per heavy atom. The van der Waals surface area contributed by atoms with E-state index in [4.69, 9.17) is 4.52 Å². The van der Waals surface area contributed by atoms with Gasteiger partial charge in [0, 0.05) is 13.1 Å². The van der Waals surface area contributed by atoms with Gasteiger partial charge in [0.1, 0.15) is 0 Å². The molecule has 2 saturated heterocycles. The summed E-state index contributed by atoms with van der Waals surface area (Å²) in [6, 6.07) is 0. The Hall–Kier alpha value is -0.900. The van der Waals surface area contributed by atoms with E-state index in [1.54, 1.807) is 0 Å². The molecule has 0 amide bonds. The molecule has 2 aliphatic rings. The molecule has 2 fully saturated rings. The maximum Gasteiger partial charge on any atom is 0.231 e. The number of hydrogen-bond donors (Lipinski definition) is 0. The molecule has 1 unspecified atom stereocenters. The molecule has 2 bridgehead atoms. The van der Waals surface area contributed by atoms with Gasteiger partial charge in [0.25, 0.3) is 0 Å². The quantitative estimate of drug-likeness (QED) is 0.639. The van der Waals surface area contributed by atoms with Crippen molar-refractivity contribution in [3.63, 3.8) is 0 Å². The van der Waals surface area contributed by atoms with Crippen molar-refractivity contribution in [1.82, 2.24) is 15.0 Å². The number of aryl methyl sites for hydroxylation is 1. The lowest BCUT2D eigenvalue weighted by molar-refractivity contribution is 0.288. The Morgan fingerprint density at radius 1 is 1.46 bits per heavy atom. The second-order valence-electron chi connectivity index (χ2n) is 4.09. The van der Waals surface area contributed by atoms with Gasteiger partial charge in [0.05, 0.1) is 5.92 Å². The van der Waals surface area contributed by atoms with E-state index in [2.05, 4.69) is 15.0 Å². The summed E-state index contributed by atoms with van der Waals surface area (Å²) in [5, 5.41) is 3.84.